The fourth-order valence-electron chi connectivity index (χ4n) is 1.87. The lowest BCUT2D eigenvalue weighted by molar-refractivity contribution is 0.0976. The minimum absolute atomic E-state index is 0.0261. The van der Waals surface area contributed by atoms with Gasteiger partial charge in [-0.25, -0.2) is 0 Å². The quantitative estimate of drug-likeness (QED) is 0.815. The molecule has 1 amide bonds. The highest BCUT2D eigenvalue weighted by molar-refractivity contribution is 9.10. The van der Waals surface area contributed by atoms with E-state index in [1.165, 1.54) is 0 Å². The standard InChI is InChI=1S/C16H15BrN2OS/c1-11(12-7-3-2-4-8-12)18-16(21)19-15(20)13-9-5-6-10-14(13)17/h2-11H,1H3,(H2,18,19,20,21)/t11-/m1/s1. The summed E-state index contributed by atoms with van der Waals surface area (Å²) < 4.78 is 0.737. The van der Waals surface area contributed by atoms with Crippen molar-refractivity contribution in [3.8, 4) is 0 Å². The van der Waals surface area contributed by atoms with Gasteiger partial charge in [0, 0.05) is 4.47 Å². The molecule has 0 fully saturated rings. The Morgan fingerprint density at radius 1 is 1.10 bits per heavy atom. The molecule has 0 heterocycles. The Morgan fingerprint density at radius 3 is 2.38 bits per heavy atom. The fourth-order valence-corrected chi connectivity index (χ4v) is 2.61. The lowest BCUT2D eigenvalue weighted by atomic mass is 10.1. The first-order valence-corrected chi connectivity index (χ1v) is 7.69. The smallest absolute Gasteiger partial charge is 0.258 e. The normalized spacial score (nSPS) is 11.5. The van der Waals surface area contributed by atoms with Gasteiger partial charge in [-0.1, -0.05) is 42.5 Å². The van der Waals surface area contributed by atoms with Crippen LogP contribution in [0.3, 0.4) is 0 Å². The molecule has 21 heavy (non-hydrogen) atoms. The van der Waals surface area contributed by atoms with Gasteiger partial charge in [-0.3, -0.25) is 10.1 Å². The molecular formula is C16H15BrN2OS. The highest BCUT2D eigenvalue weighted by Gasteiger charge is 2.12. The van der Waals surface area contributed by atoms with Gasteiger partial charge >= 0.3 is 0 Å². The first-order chi connectivity index (χ1) is 10.1. The molecule has 0 bridgehead atoms. The molecule has 0 saturated heterocycles. The Hall–Kier alpha value is -1.72. The van der Waals surface area contributed by atoms with E-state index in [0.717, 1.165) is 10.0 Å². The van der Waals surface area contributed by atoms with Crippen LogP contribution in [0.2, 0.25) is 0 Å². The molecule has 108 valence electrons. The predicted octanol–water partition coefficient (Wildman–Crippen LogP) is 3.81. The highest BCUT2D eigenvalue weighted by atomic mass is 79.9. The molecule has 3 nitrogen and oxygen atoms in total. The second-order valence-electron chi connectivity index (χ2n) is 4.54. The van der Waals surface area contributed by atoms with Crippen molar-refractivity contribution in [2.24, 2.45) is 0 Å². The van der Waals surface area contributed by atoms with Crippen molar-refractivity contribution in [3.05, 3.63) is 70.2 Å². The summed E-state index contributed by atoms with van der Waals surface area (Å²) in [5, 5.41) is 6.10. The molecule has 0 radical (unpaired) electrons. The van der Waals surface area contributed by atoms with Crippen LogP contribution in [0.1, 0.15) is 28.9 Å². The van der Waals surface area contributed by atoms with Gasteiger partial charge in [0.15, 0.2) is 5.11 Å². The summed E-state index contributed by atoms with van der Waals surface area (Å²) in [6.45, 7) is 1.99. The van der Waals surface area contributed by atoms with Crippen molar-refractivity contribution >= 4 is 39.2 Å². The van der Waals surface area contributed by atoms with Crippen molar-refractivity contribution in [2.45, 2.75) is 13.0 Å². The van der Waals surface area contributed by atoms with Gasteiger partial charge in [0.05, 0.1) is 11.6 Å². The van der Waals surface area contributed by atoms with Gasteiger partial charge in [-0.15, -0.1) is 0 Å². The number of halogens is 1. The van der Waals surface area contributed by atoms with E-state index in [-0.39, 0.29) is 11.9 Å². The topological polar surface area (TPSA) is 41.1 Å². The maximum Gasteiger partial charge on any atom is 0.258 e. The van der Waals surface area contributed by atoms with Crippen LogP contribution >= 0.6 is 28.1 Å². The minimum Gasteiger partial charge on any atom is -0.356 e. The van der Waals surface area contributed by atoms with Gasteiger partial charge in [0.2, 0.25) is 0 Å². The van der Waals surface area contributed by atoms with Gasteiger partial charge < -0.3 is 5.32 Å². The number of hydrogen-bond donors (Lipinski definition) is 2. The van der Waals surface area contributed by atoms with Gasteiger partial charge in [-0.05, 0) is 52.8 Å². The number of nitrogens with one attached hydrogen (secondary N) is 2. The zero-order valence-corrected chi connectivity index (χ0v) is 13.9. The van der Waals surface area contributed by atoms with E-state index in [4.69, 9.17) is 12.2 Å². The first-order valence-electron chi connectivity index (χ1n) is 6.49. The molecule has 0 aliphatic carbocycles. The van der Waals surface area contributed by atoms with Crippen LogP contribution < -0.4 is 10.6 Å². The SMILES string of the molecule is C[C@@H](NC(=S)NC(=O)c1ccccc1Br)c1ccccc1. The van der Waals surface area contributed by atoms with E-state index in [2.05, 4.69) is 26.6 Å². The number of carbonyl (C=O) groups is 1. The van der Waals surface area contributed by atoms with Crippen LogP contribution in [0.4, 0.5) is 0 Å². The Morgan fingerprint density at radius 2 is 1.71 bits per heavy atom. The van der Waals surface area contributed by atoms with Crippen molar-refractivity contribution in [1.29, 1.82) is 0 Å². The zero-order valence-electron chi connectivity index (χ0n) is 11.5. The largest absolute Gasteiger partial charge is 0.356 e. The molecule has 5 heteroatoms. The van der Waals surface area contributed by atoms with E-state index in [9.17, 15) is 4.79 Å². The third kappa shape index (κ3) is 4.37. The number of hydrogen-bond acceptors (Lipinski definition) is 2. The van der Waals surface area contributed by atoms with Gasteiger partial charge in [-0.2, -0.15) is 0 Å². The van der Waals surface area contributed by atoms with Crippen LogP contribution in [0.15, 0.2) is 59.1 Å². The van der Waals surface area contributed by atoms with Crippen molar-refractivity contribution < 1.29 is 4.79 Å². The van der Waals surface area contributed by atoms with Gasteiger partial charge in [0.1, 0.15) is 0 Å². The molecule has 0 aliphatic rings. The minimum atomic E-state index is -0.236. The molecule has 2 aromatic carbocycles. The molecule has 0 saturated carbocycles. The molecule has 1 atom stereocenters. The maximum absolute atomic E-state index is 12.1. The molecule has 0 aromatic heterocycles. The van der Waals surface area contributed by atoms with E-state index in [1.54, 1.807) is 6.07 Å². The lowest BCUT2D eigenvalue weighted by Crippen LogP contribution is -2.40. The monoisotopic (exact) mass is 362 g/mol. The number of thiocarbonyl (C=S) groups is 1. The second kappa shape index (κ2) is 7.33. The molecule has 2 aromatic rings. The van der Waals surface area contributed by atoms with E-state index in [1.807, 2.05) is 55.5 Å². The van der Waals surface area contributed by atoms with Crippen LogP contribution in [-0.2, 0) is 0 Å². The third-order valence-corrected chi connectivity index (χ3v) is 3.90. The summed E-state index contributed by atoms with van der Waals surface area (Å²) in [5.41, 5.74) is 1.66. The molecule has 0 spiro atoms. The summed E-state index contributed by atoms with van der Waals surface area (Å²) >= 11 is 8.54. The first kappa shape index (κ1) is 15.7. The summed E-state index contributed by atoms with van der Waals surface area (Å²) in [7, 11) is 0. The lowest BCUT2D eigenvalue weighted by Gasteiger charge is -2.17. The van der Waals surface area contributed by atoms with Crippen molar-refractivity contribution in [3.63, 3.8) is 0 Å². The van der Waals surface area contributed by atoms with Crippen LogP contribution in [-0.4, -0.2) is 11.0 Å². The summed E-state index contributed by atoms with van der Waals surface area (Å²) in [5.74, 6) is -0.236. The Kier molecular flexibility index (Phi) is 5.47. The number of carbonyl (C=O) groups excluding carboxylic acids is 1. The van der Waals surface area contributed by atoms with Crippen molar-refractivity contribution in [1.82, 2.24) is 10.6 Å². The Balaban J connectivity index is 1.96. The molecule has 2 N–H and O–H groups in total. The highest BCUT2D eigenvalue weighted by Crippen LogP contribution is 2.15. The fraction of sp³-hybridized carbons (Fsp3) is 0.125. The van der Waals surface area contributed by atoms with E-state index >= 15 is 0 Å². The average molecular weight is 363 g/mol. The van der Waals surface area contributed by atoms with Crippen molar-refractivity contribution in [2.75, 3.05) is 0 Å². The average Bonchev–Trinajstić information content (AvgIpc) is 2.48. The second-order valence-corrected chi connectivity index (χ2v) is 5.80. The van der Waals surface area contributed by atoms with Gasteiger partial charge in [0.25, 0.3) is 5.91 Å². The number of benzene rings is 2. The summed E-state index contributed by atoms with van der Waals surface area (Å²) in [6, 6.07) is 17.2. The predicted molar refractivity (Wildman–Crippen MR) is 92.2 cm³/mol. The Labute approximate surface area is 137 Å². The van der Waals surface area contributed by atoms with E-state index < -0.39 is 0 Å². The number of amides is 1. The van der Waals surface area contributed by atoms with Crippen LogP contribution in [0.5, 0.6) is 0 Å². The van der Waals surface area contributed by atoms with E-state index in [0.29, 0.717) is 10.7 Å². The Bertz CT molecular complexity index is 646. The number of rotatable bonds is 3. The molecule has 2 rings (SSSR count). The van der Waals surface area contributed by atoms with Crippen LogP contribution in [0, 0.1) is 0 Å². The summed E-state index contributed by atoms with van der Waals surface area (Å²) in [6.07, 6.45) is 0. The zero-order chi connectivity index (χ0) is 15.2. The summed E-state index contributed by atoms with van der Waals surface area (Å²) in [4.78, 5) is 12.1. The third-order valence-electron chi connectivity index (χ3n) is 2.99. The molecule has 0 aliphatic heterocycles. The maximum atomic E-state index is 12.1. The molecular weight excluding hydrogens is 348 g/mol. The van der Waals surface area contributed by atoms with Crippen LogP contribution in [0.25, 0.3) is 0 Å². The molecule has 0 unspecified atom stereocenters.